The van der Waals surface area contributed by atoms with Gasteiger partial charge in [0.1, 0.15) is 5.75 Å². The summed E-state index contributed by atoms with van der Waals surface area (Å²) in [7, 11) is -3.88. The molecule has 0 unspecified atom stereocenters. The number of aryl methyl sites for hydroxylation is 2. The second kappa shape index (κ2) is 9.19. The molecule has 0 aliphatic heterocycles. The number of para-hydroxylation sites is 2. The predicted molar refractivity (Wildman–Crippen MR) is 119 cm³/mol. The fraction of sp³-hybridized carbons (Fsp3) is 0.136. The molecule has 8 heteroatoms. The number of hydrogen-bond donors (Lipinski definition) is 2. The Balaban J connectivity index is 1.69. The number of benzene rings is 3. The zero-order valence-corrected chi connectivity index (χ0v) is 18.0. The maximum atomic E-state index is 12.7. The lowest BCUT2D eigenvalue weighted by atomic mass is 10.1. The summed E-state index contributed by atoms with van der Waals surface area (Å²) >= 11 is 6.03. The van der Waals surface area contributed by atoms with Crippen LogP contribution in [0, 0.1) is 13.8 Å². The van der Waals surface area contributed by atoms with Gasteiger partial charge < -0.3 is 10.1 Å². The molecule has 0 spiro atoms. The highest BCUT2D eigenvalue weighted by Crippen LogP contribution is 2.25. The van der Waals surface area contributed by atoms with E-state index in [1.54, 1.807) is 36.4 Å². The van der Waals surface area contributed by atoms with Crippen LogP contribution in [0.25, 0.3) is 0 Å². The van der Waals surface area contributed by atoms with Gasteiger partial charge in [0, 0.05) is 5.69 Å². The number of carbonyl (C=O) groups excluding carboxylic acids is 1. The third-order valence-electron chi connectivity index (χ3n) is 4.30. The van der Waals surface area contributed by atoms with Crippen molar-refractivity contribution < 1.29 is 17.9 Å². The van der Waals surface area contributed by atoms with Gasteiger partial charge in [-0.1, -0.05) is 48.0 Å². The van der Waals surface area contributed by atoms with Crippen molar-refractivity contribution >= 4 is 38.9 Å². The number of sulfonamides is 1. The minimum Gasteiger partial charge on any atom is -0.483 e. The quantitative estimate of drug-likeness (QED) is 0.549. The molecule has 0 radical (unpaired) electrons. The van der Waals surface area contributed by atoms with Crippen molar-refractivity contribution in [2.75, 3.05) is 16.6 Å². The van der Waals surface area contributed by atoms with Crippen molar-refractivity contribution in [2.24, 2.45) is 0 Å². The van der Waals surface area contributed by atoms with Crippen LogP contribution in [-0.4, -0.2) is 20.9 Å². The number of rotatable bonds is 7. The summed E-state index contributed by atoms with van der Waals surface area (Å²) in [4.78, 5) is 12.3. The molecule has 0 aliphatic carbocycles. The number of amides is 1. The molecule has 0 saturated carbocycles. The van der Waals surface area contributed by atoms with E-state index in [1.807, 2.05) is 32.0 Å². The Bertz CT molecular complexity index is 1160. The molecule has 30 heavy (non-hydrogen) atoms. The zero-order valence-electron chi connectivity index (χ0n) is 16.5. The van der Waals surface area contributed by atoms with E-state index >= 15 is 0 Å². The van der Waals surface area contributed by atoms with E-state index in [-0.39, 0.29) is 22.2 Å². The predicted octanol–water partition coefficient (Wildman–Crippen LogP) is 4.78. The van der Waals surface area contributed by atoms with Gasteiger partial charge in [-0.3, -0.25) is 9.52 Å². The van der Waals surface area contributed by atoms with Gasteiger partial charge in [0.25, 0.3) is 15.9 Å². The molecule has 0 aromatic heterocycles. The Morgan fingerprint density at radius 3 is 2.33 bits per heavy atom. The van der Waals surface area contributed by atoms with Gasteiger partial charge in [-0.05, 0) is 55.3 Å². The second-order valence-corrected chi connectivity index (χ2v) is 8.76. The second-order valence-electron chi connectivity index (χ2n) is 6.67. The summed E-state index contributed by atoms with van der Waals surface area (Å²) in [6, 6.07) is 18.2. The lowest BCUT2D eigenvalue weighted by Gasteiger charge is -2.13. The zero-order chi connectivity index (χ0) is 21.7. The molecule has 3 aromatic rings. The highest BCUT2D eigenvalue weighted by atomic mass is 35.5. The fourth-order valence-electron chi connectivity index (χ4n) is 2.85. The Labute approximate surface area is 180 Å². The van der Waals surface area contributed by atoms with E-state index in [0.29, 0.717) is 11.4 Å². The van der Waals surface area contributed by atoms with Crippen LogP contribution >= 0.6 is 11.6 Å². The summed E-state index contributed by atoms with van der Waals surface area (Å²) in [5.41, 5.74) is 2.48. The average Bonchev–Trinajstić information content (AvgIpc) is 2.69. The van der Waals surface area contributed by atoms with Gasteiger partial charge in [-0.15, -0.1) is 0 Å². The molecule has 3 aromatic carbocycles. The van der Waals surface area contributed by atoms with Crippen LogP contribution in [0.4, 0.5) is 11.4 Å². The van der Waals surface area contributed by atoms with Crippen LogP contribution in [-0.2, 0) is 14.8 Å². The molecule has 0 heterocycles. The third-order valence-corrected chi connectivity index (χ3v) is 6.00. The standard InChI is InChI=1S/C22H21ClN2O4S/c1-15-7-5-8-16(2)22(15)29-14-21(26)24-17-9-6-10-18(13-17)30(27,28)25-20-12-4-3-11-19(20)23/h3-13,25H,14H2,1-2H3,(H,24,26). The first-order chi connectivity index (χ1) is 14.3. The molecule has 6 nitrogen and oxygen atoms in total. The van der Waals surface area contributed by atoms with Crippen molar-refractivity contribution in [3.8, 4) is 5.75 Å². The monoisotopic (exact) mass is 444 g/mol. The van der Waals surface area contributed by atoms with Gasteiger partial charge in [-0.2, -0.15) is 0 Å². The van der Waals surface area contributed by atoms with E-state index in [1.165, 1.54) is 12.1 Å². The molecule has 156 valence electrons. The number of anilines is 2. The summed E-state index contributed by atoms with van der Waals surface area (Å²) in [6.45, 7) is 3.61. The number of carbonyl (C=O) groups is 1. The molecule has 1 amide bonds. The highest BCUT2D eigenvalue weighted by Gasteiger charge is 2.17. The third kappa shape index (κ3) is 5.31. The number of ether oxygens (including phenoxy) is 1. The summed E-state index contributed by atoms with van der Waals surface area (Å²) in [5, 5.41) is 2.94. The van der Waals surface area contributed by atoms with Crippen LogP contribution in [0.2, 0.25) is 5.02 Å². The topological polar surface area (TPSA) is 84.5 Å². The Morgan fingerprint density at radius 1 is 0.967 bits per heavy atom. The molecular formula is C22H21ClN2O4S. The molecule has 2 N–H and O–H groups in total. The summed E-state index contributed by atoms with van der Waals surface area (Å²) < 4.78 is 33.4. The Hall–Kier alpha value is -3.03. The first kappa shape index (κ1) is 21.7. The van der Waals surface area contributed by atoms with Crippen LogP contribution in [0.1, 0.15) is 11.1 Å². The summed E-state index contributed by atoms with van der Waals surface area (Å²) in [5.74, 6) is 0.263. The molecule has 0 saturated heterocycles. The SMILES string of the molecule is Cc1cccc(C)c1OCC(=O)Nc1cccc(S(=O)(=O)Nc2ccccc2Cl)c1. The van der Waals surface area contributed by atoms with Gasteiger partial charge in [0.15, 0.2) is 6.61 Å². The van der Waals surface area contributed by atoms with Crippen LogP contribution in [0.15, 0.2) is 71.6 Å². The number of nitrogens with one attached hydrogen (secondary N) is 2. The van der Waals surface area contributed by atoms with Crippen LogP contribution < -0.4 is 14.8 Å². The maximum absolute atomic E-state index is 12.7. The van der Waals surface area contributed by atoms with Crippen LogP contribution in [0.3, 0.4) is 0 Å². The molecule has 0 aliphatic rings. The van der Waals surface area contributed by atoms with E-state index < -0.39 is 15.9 Å². The lowest BCUT2D eigenvalue weighted by molar-refractivity contribution is -0.118. The normalized spacial score (nSPS) is 11.0. The summed E-state index contributed by atoms with van der Waals surface area (Å²) in [6.07, 6.45) is 0. The van der Waals surface area contributed by atoms with Crippen molar-refractivity contribution in [3.05, 3.63) is 82.9 Å². The molecule has 0 fully saturated rings. The largest absolute Gasteiger partial charge is 0.483 e. The van der Waals surface area contributed by atoms with Crippen molar-refractivity contribution in [2.45, 2.75) is 18.7 Å². The van der Waals surface area contributed by atoms with Crippen LogP contribution in [0.5, 0.6) is 5.75 Å². The molecule has 0 atom stereocenters. The van der Waals surface area contributed by atoms with Crippen molar-refractivity contribution in [1.82, 2.24) is 0 Å². The Kier molecular flexibility index (Phi) is 6.64. The first-order valence-corrected chi connectivity index (χ1v) is 11.0. The highest BCUT2D eigenvalue weighted by molar-refractivity contribution is 7.92. The average molecular weight is 445 g/mol. The number of halogens is 1. The first-order valence-electron chi connectivity index (χ1n) is 9.12. The van der Waals surface area contributed by atoms with E-state index in [2.05, 4.69) is 10.0 Å². The Morgan fingerprint density at radius 2 is 1.63 bits per heavy atom. The molecule has 0 bridgehead atoms. The van der Waals surface area contributed by atoms with Gasteiger partial charge >= 0.3 is 0 Å². The maximum Gasteiger partial charge on any atom is 0.262 e. The van der Waals surface area contributed by atoms with E-state index in [4.69, 9.17) is 16.3 Å². The van der Waals surface area contributed by atoms with Gasteiger partial charge in [0.2, 0.25) is 0 Å². The lowest BCUT2D eigenvalue weighted by Crippen LogP contribution is -2.21. The fourth-order valence-corrected chi connectivity index (χ4v) is 4.21. The number of hydrogen-bond acceptors (Lipinski definition) is 4. The molecule has 3 rings (SSSR count). The van der Waals surface area contributed by atoms with E-state index in [9.17, 15) is 13.2 Å². The van der Waals surface area contributed by atoms with Crippen molar-refractivity contribution in [1.29, 1.82) is 0 Å². The van der Waals surface area contributed by atoms with Gasteiger partial charge in [0.05, 0.1) is 15.6 Å². The smallest absolute Gasteiger partial charge is 0.262 e. The van der Waals surface area contributed by atoms with Crippen molar-refractivity contribution in [3.63, 3.8) is 0 Å². The molecular weight excluding hydrogens is 424 g/mol. The minimum absolute atomic E-state index is 0.00381. The minimum atomic E-state index is -3.88. The van der Waals surface area contributed by atoms with Gasteiger partial charge in [-0.25, -0.2) is 8.42 Å². The van der Waals surface area contributed by atoms with E-state index in [0.717, 1.165) is 11.1 Å².